The monoisotopic (exact) mass is 323 g/mol. The number of hydrogen-bond donors (Lipinski definition) is 3. The third-order valence-corrected chi connectivity index (χ3v) is 4.11. The van der Waals surface area contributed by atoms with Crippen molar-refractivity contribution in [2.45, 2.75) is 12.2 Å². The van der Waals surface area contributed by atoms with Gasteiger partial charge in [-0.05, 0) is 23.3 Å². The second-order valence-corrected chi connectivity index (χ2v) is 6.47. The summed E-state index contributed by atoms with van der Waals surface area (Å²) in [6, 6.07) is 13.6. The molecule has 2 rings (SSSR count). The third-order valence-electron chi connectivity index (χ3n) is 3.01. The summed E-state index contributed by atoms with van der Waals surface area (Å²) in [6.07, 6.45) is -0.0212. The Labute approximate surface area is 127 Å². The zero-order chi connectivity index (χ0) is 16.2. The average molecular weight is 323 g/mol. The van der Waals surface area contributed by atoms with Crippen LogP contribution in [0.2, 0.25) is 0 Å². The number of halogens is 1. The zero-order valence-electron chi connectivity index (χ0n) is 11.5. The van der Waals surface area contributed by atoms with Gasteiger partial charge in [0.2, 0.25) is 5.91 Å². The molecule has 0 spiro atoms. The highest BCUT2D eigenvalue weighted by Crippen LogP contribution is 2.49. The predicted octanol–water partition coefficient (Wildman–Crippen LogP) is 2.36. The van der Waals surface area contributed by atoms with E-state index in [9.17, 15) is 23.5 Å². The number of benzene rings is 2. The van der Waals surface area contributed by atoms with Crippen LogP contribution in [0.3, 0.4) is 0 Å². The zero-order valence-corrected chi connectivity index (χ0v) is 12.4. The van der Waals surface area contributed by atoms with Crippen molar-refractivity contribution in [2.24, 2.45) is 0 Å². The van der Waals surface area contributed by atoms with E-state index in [1.165, 1.54) is 12.1 Å². The lowest BCUT2D eigenvalue weighted by molar-refractivity contribution is -0.120. The van der Waals surface area contributed by atoms with E-state index < -0.39 is 25.1 Å². The van der Waals surface area contributed by atoms with Crippen LogP contribution >= 0.6 is 7.60 Å². The van der Waals surface area contributed by atoms with Crippen molar-refractivity contribution in [3.05, 3.63) is 71.5 Å². The van der Waals surface area contributed by atoms with Crippen molar-refractivity contribution < 1.29 is 23.5 Å². The molecular formula is C15H15FNO4P. The Morgan fingerprint density at radius 3 is 2.41 bits per heavy atom. The normalized spacial score (nSPS) is 12.7. The van der Waals surface area contributed by atoms with Crippen LogP contribution in [0.5, 0.6) is 0 Å². The highest BCUT2D eigenvalue weighted by Gasteiger charge is 2.32. The van der Waals surface area contributed by atoms with Crippen molar-refractivity contribution >= 4 is 13.5 Å². The van der Waals surface area contributed by atoms with Gasteiger partial charge >= 0.3 is 7.60 Å². The molecule has 0 aromatic heterocycles. The molecule has 3 N–H and O–H groups in total. The van der Waals surface area contributed by atoms with Gasteiger partial charge in [0.25, 0.3) is 0 Å². The summed E-state index contributed by atoms with van der Waals surface area (Å²) in [5, 5.41) is 2.28. The molecular weight excluding hydrogens is 308 g/mol. The number of nitrogens with one attached hydrogen (secondary N) is 1. The molecule has 7 heteroatoms. The maximum Gasteiger partial charge on any atom is 0.352 e. The van der Waals surface area contributed by atoms with E-state index in [1.807, 2.05) is 0 Å². The highest BCUT2D eigenvalue weighted by atomic mass is 31.2. The first-order chi connectivity index (χ1) is 10.4. The minimum absolute atomic E-state index is 0.0212. The Balaban J connectivity index is 2.17. The summed E-state index contributed by atoms with van der Waals surface area (Å²) >= 11 is 0. The summed E-state index contributed by atoms with van der Waals surface area (Å²) in [6.45, 7) is 0. The van der Waals surface area contributed by atoms with E-state index in [4.69, 9.17) is 0 Å². The van der Waals surface area contributed by atoms with Crippen molar-refractivity contribution in [2.75, 3.05) is 0 Å². The molecule has 1 atom stereocenters. The van der Waals surface area contributed by atoms with Crippen LogP contribution in [0.15, 0.2) is 54.6 Å². The molecule has 1 amide bonds. The van der Waals surface area contributed by atoms with Crippen LogP contribution in [0.1, 0.15) is 16.9 Å². The van der Waals surface area contributed by atoms with Gasteiger partial charge in [-0.2, -0.15) is 0 Å². The fourth-order valence-corrected chi connectivity index (χ4v) is 2.88. The Hall–Kier alpha value is -2.01. The number of amides is 1. The van der Waals surface area contributed by atoms with Gasteiger partial charge in [-0.15, -0.1) is 0 Å². The highest BCUT2D eigenvalue weighted by molar-refractivity contribution is 7.52. The molecule has 116 valence electrons. The first-order valence-electron chi connectivity index (χ1n) is 6.50. The second kappa shape index (κ2) is 6.83. The van der Waals surface area contributed by atoms with Gasteiger partial charge in [-0.3, -0.25) is 9.36 Å². The number of hydrogen-bond acceptors (Lipinski definition) is 2. The summed E-state index contributed by atoms with van der Waals surface area (Å²) in [7, 11) is -4.67. The van der Waals surface area contributed by atoms with Crippen molar-refractivity contribution in [3.8, 4) is 0 Å². The molecule has 0 radical (unpaired) electrons. The van der Waals surface area contributed by atoms with Crippen LogP contribution in [-0.4, -0.2) is 15.7 Å². The van der Waals surface area contributed by atoms with Crippen LogP contribution < -0.4 is 5.32 Å². The molecule has 0 saturated carbocycles. The van der Waals surface area contributed by atoms with E-state index in [0.29, 0.717) is 5.56 Å². The first kappa shape index (κ1) is 16.4. The minimum Gasteiger partial charge on any atom is -0.338 e. The summed E-state index contributed by atoms with van der Waals surface area (Å²) in [4.78, 5) is 30.8. The topological polar surface area (TPSA) is 86.6 Å². The molecule has 0 heterocycles. The van der Waals surface area contributed by atoms with Crippen LogP contribution in [0, 0.1) is 5.82 Å². The Morgan fingerprint density at radius 2 is 1.82 bits per heavy atom. The quantitative estimate of drug-likeness (QED) is 0.737. The minimum atomic E-state index is -4.67. The lowest BCUT2D eigenvalue weighted by atomic mass is 10.1. The van der Waals surface area contributed by atoms with Crippen molar-refractivity contribution in [1.29, 1.82) is 0 Å². The molecule has 5 nitrogen and oxygen atoms in total. The Kier molecular flexibility index (Phi) is 5.08. The van der Waals surface area contributed by atoms with Crippen LogP contribution in [0.25, 0.3) is 0 Å². The van der Waals surface area contributed by atoms with Gasteiger partial charge in [0.1, 0.15) is 5.82 Å². The third kappa shape index (κ3) is 4.49. The average Bonchev–Trinajstić information content (AvgIpc) is 2.44. The maximum absolute atomic E-state index is 13.2. The fraction of sp³-hybridized carbons (Fsp3) is 0.133. The van der Waals surface area contributed by atoms with Gasteiger partial charge < -0.3 is 15.1 Å². The number of carbonyl (C=O) groups is 1. The van der Waals surface area contributed by atoms with Gasteiger partial charge in [0, 0.05) is 0 Å². The van der Waals surface area contributed by atoms with E-state index in [0.717, 1.165) is 12.1 Å². The van der Waals surface area contributed by atoms with Gasteiger partial charge in [-0.25, -0.2) is 4.39 Å². The van der Waals surface area contributed by atoms with Gasteiger partial charge in [-0.1, -0.05) is 42.5 Å². The predicted molar refractivity (Wildman–Crippen MR) is 79.5 cm³/mol. The molecule has 0 aliphatic heterocycles. The molecule has 0 bridgehead atoms. The summed E-state index contributed by atoms with van der Waals surface area (Å²) < 4.78 is 24.8. The summed E-state index contributed by atoms with van der Waals surface area (Å²) in [5.74, 6) is -2.75. The SMILES string of the molecule is O=C(Cc1ccccc1)N[C@H](c1cccc(F)c1)P(=O)(O)O. The van der Waals surface area contributed by atoms with Gasteiger partial charge in [0.05, 0.1) is 6.42 Å². The lowest BCUT2D eigenvalue weighted by Crippen LogP contribution is -2.30. The van der Waals surface area contributed by atoms with E-state index in [-0.39, 0.29) is 12.0 Å². The van der Waals surface area contributed by atoms with E-state index in [2.05, 4.69) is 5.32 Å². The van der Waals surface area contributed by atoms with Gasteiger partial charge in [0.15, 0.2) is 5.78 Å². The summed E-state index contributed by atoms with van der Waals surface area (Å²) in [5.41, 5.74) is 0.735. The Morgan fingerprint density at radius 1 is 1.14 bits per heavy atom. The van der Waals surface area contributed by atoms with Crippen molar-refractivity contribution in [1.82, 2.24) is 5.32 Å². The van der Waals surface area contributed by atoms with E-state index >= 15 is 0 Å². The smallest absolute Gasteiger partial charge is 0.338 e. The molecule has 2 aromatic rings. The molecule has 22 heavy (non-hydrogen) atoms. The Bertz CT molecular complexity index is 702. The van der Waals surface area contributed by atoms with Crippen LogP contribution in [0.4, 0.5) is 4.39 Å². The molecule has 0 unspecified atom stereocenters. The van der Waals surface area contributed by atoms with E-state index in [1.54, 1.807) is 30.3 Å². The second-order valence-electron chi connectivity index (χ2n) is 4.78. The molecule has 0 fully saturated rings. The molecule has 2 aromatic carbocycles. The molecule has 0 saturated heterocycles. The molecule has 0 aliphatic carbocycles. The standard InChI is InChI=1S/C15H15FNO4P/c16-13-8-4-7-12(10-13)15(22(19,20)21)17-14(18)9-11-5-2-1-3-6-11/h1-8,10,15H,9H2,(H,17,18)(H2,19,20,21)/t15-/m0/s1. The maximum atomic E-state index is 13.2. The largest absolute Gasteiger partial charge is 0.352 e. The lowest BCUT2D eigenvalue weighted by Gasteiger charge is -2.20. The number of carbonyl (C=O) groups excluding carboxylic acids is 1. The molecule has 0 aliphatic rings. The van der Waals surface area contributed by atoms with Crippen LogP contribution in [-0.2, 0) is 15.8 Å². The number of rotatable bonds is 5. The van der Waals surface area contributed by atoms with Crippen molar-refractivity contribution in [3.63, 3.8) is 0 Å². The first-order valence-corrected chi connectivity index (χ1v) is 8.18. The fourth-order valence-electron chi connectivity index (χ4n) is 2.02.